The third kappa shape index (κ3) is 6.32. The summed E-state index contributed by atoms with van der Waals surface area (Å²) in [5.41, 5.74) is 2.25. The molecule has 1 aromatic heterocycles. The van der Waals surface area contributed by atoms with Gasteiger partial charge >= 0.3 is 0 Å². The van der Waals surface area contributed by atoms with Crippen molar-refractivity contribution >= 4 is 29.1 Å². The summed E-state index contributed by atoms with van der Waals surface area (Å²) in [4.78, 5) is 20.2. The van der Waals surface area contributed by atoms with Gasteiger partial charge in [-0.15, -0.1) is 0 Å². The Hall–Kier alpha value is -3.35. The van der Waals surface area contributed by atoms with Gasteiger partial charge in [0, 0.05) is 32.8 Å². The molecule has 1 saturated carbocycles. The molecule has 0 saturated heterocycles. The molecule has 1 amide bonds. The summed E-state index contributed by atoms with van der Waals surface area (Å²) in [7, 11) is 0. The molecule has 3 aromatic carbocycles. The van der Waals surface area contributed by atoms with Gasteiger partial charge < -0.3 is 14.2 Å². The first kappa shape index (κ1) is 25.3. The number of hydrogen-bond donors (Lipinski definition) is 0. The van der Waals surface area contributed by atoms with Crippen LogP contribution in [0, 0.1) is 0 Å². The van der Waals surface area contributed by atoms with Crippen molar-refractivity contribution in [1.29, 1.82) is 0 Å². The molecule has 0 spiro atoms. The fraction of sp³-hybridized carbons (Fsp3) is 0.276. The number of nitrogens with zero attached hydrogens (tertiary/aromatic N) is 3. The quantitative estimate of drug-likeness (QED) is 0.232. The number of carbonyl (C=O) groups is 1. The number of carbonyl (C=O) groups excluding carboxylic acids is 1. The zero-order valence-electron chi connectivity index (χ0n) is 20.3. The lowest BCUT2D eigenvalue weighted by Gasteiger charge is -2.33. The van der Waals surface area contributed by atoms with Crippen LogP contribution >= 0.6 is 23.2 Å². The zero-order valence-corrected chi connectivity index (χ0v) is 21.8. The molecule has 0 bridgehead atoms. The summed E-state index contributed by atoms with van der Waals surface area (Å²) in [6.45, 7) is 0.563. The van der Waals surface area contributed by atoms with E-state index >= 15 is 0 Å². The minimum atomic E-state index is -0.0821. The van der Waals surface area contributed by atoms with E-state index in [2.05, 4.69) is 10.1 Å². The molecule has 0 radical (unpaired) electrons. The van der Waals surface area contributed by atoms with Crippen LogP contribution in [0.2, 0.25) is 10.0 Å². The summed E-state index contributed by atoms with van der Waals surface area (Å²) in [5, 5.41) is 5.41. The summed E-state index contributed by atoms with van der Waals surface area (Å²) >= 11 is 12.3. The standard InChI is InChI=1S/C29H27Cl2N3O3/c30-23-15-13-20(14-16-23)28-32-27(37-33-28)18-34(24-9-2-1-3-10-24)29(35)21-8-6-11-25(17-21)36-19-22-7-4-5-12-26(22)31/h4-8,11-17,24H,1-3,9-10,18-19H2. The van der Waals surface area contributed by atoms with Gasteiger partial charge in [-0.1, -0.05) is 71.9 Å². The fourth-order valence-corrected chi connectivity index (χ4v) is 4.92. The second kappa shape index (κ2) is 11.8. The molecule has 5 rings (SSSR count). The maximum absolute atomic E-state index is 13.8. The summed E-state index contributed by atoms with van der Waals surface area (Å²) in [6, 6.07) is 22.2. The van der Waals surface area contributed by atoms with E-state index in [1.807, 2.05) is 59.5 Å². The van der Waals surface area contributed by atoms with E-state index in [0.717, 1.165) is 36.8 Å². The molecule has 0 atom stereocenters. The number of ether oxygens (including phenoxy) is 1. The third-order valence-electron chi connectivity index (χ3n) is 6.59. The highest BCUT2D eigenvalue weighted by atomic mass is 35.5. The average Bonchev–Trinajstić information content (AvgIpc) is 3.41. The van der Waals surface area contributed by atoms with Crippen LogP contribution < -0.4 is 4.74 Å². The van der Waals surface area contributed by atoms with Crippen LogP contribution in [0.1, 0.15) is 53.9 Å². The second-order valence-corrected chi connectivity index (χ2v) is 10.00. The molecule has 190 valence electrons. The van der Waals surface area contributed by atoms with Gasteiger partial charge in [-0.05, 0) is 61.4 Å². The van der Waals surface area contributed by atoms with Crippen molar-refractivity contribution < 1.29 is 14.1 Å². The number of hydrogen-bond acceptors (Lipinski definition) is 5. The maximum atomic E-state index is 13.8. The van der Waals surface area contributed by atoms with Crippen LogP contribution in [0.3, 0.4) is 0 Å². The van der Waals surface area contributed by atoms with Crippen molar-refractivity contribution in [1.82, 2.24) is 15.0 Å². The van der Waals surface area contributed by atoms with Crippen molar-refractivity contribution in [3.05, 3.63) is 99.9 Å². The van der Waals surface area contributed by atoms with E-state index in [4.69, 9.17) is 32.5 Å². The molecule has 0 N–H and O–H groups in total. The number of halogens is 2. The highest BCUT2D eigenvalue weighted by molar-refractivity contribution is 6.31. The minimum Gasteiger partial charge on any atom is -0.489 e. The van der Waals surface area contributed by atoms with Gasteiger partial charge in [-0.3, -0.25) is 4.79 Å². The SMILES string of the molecule is O=C(c1cccc(OCc2ccccc2Cl)c1)N(Cc1nc(-c2ccc(Cl)cc2)no1)C1CCCCC1. The third-order valence-corrected chi connectivity index (χ3v) is 7.21. The van der Waals surface area contributed by atoms with Crippen LogP contribution in [0.25, 0.3) is 11.4 Å². The number of benzene rings is 3. The highest BCUT2D eigenvalue weighted by Gasteiger charge is 2.28. The molecule has 1 aliphatic rings. The Balaban J connectivity index is 1.34. The minimum absolute atomic E-state index is 0.0821. The zero-order chi connectivity index (χ0) is 25.6. The van der Waals surface area contributed by atoms with E-state index < -0.39 is 0 Å². The van der Waals surface area contributed by atoms with E-state index in [-0.39, 0.29) is 18.5 Å². The van der Waals surface area contributed by atoms with Gasteiger partial charge in [0.1, 0.15) is 18.9 Å². The fourth-order valence-electron chi connectivity index (χ4n) is 4.60. The lowest BCUT2D eigenvalue weighted by molar-refractivity contribution is 0.0585. The smallest absolute Gasteiger partial charge is 0.254 e. The van der Waals surface area contributed by atoms with Crippen molar-refractivity contribution in [2.24, 2.45) is 0 Å². The molecular formula is C29H27Cl2N3O3. The highest BCUT2D eigenvalue weighted by Crippen LogP contribution is 2.28. The summed E-state index contributed by atoms with van der Waals surface area (Å²) in [6.07, 6.45) is 5.27. The van der Waals surface area contributed by atoms with Crippen LogP contribution in [0.4, 0.5) is 0 Å². The summed E-state index contributed by atoms with van der Waals surface area (Å²) < 4.78 is 11.5. The van der Waals surface area contributed by atoms with Gasteiger partial charge in [0.2, 0.25) is 11.7 Å². The first-order valence-corrected chi connectivity index (χ1v) is 13.2. The van der Waals surface area contributed by atoms with E-state index in [1.165, 1.54) is 6.42 Å². The van der Waals surface area contributed by atoms with Crippen molar-refractivity contribution in [3.8, 4) is 17.1 Å². The molecule has 0 unspecified atom stereocenters. The lowest BCUT2D eigenvalue weighted by Crippen LogP contribution is -2.41. The lowest BCUT2D eigenvalue weighted by atomic mass is 9.93. The number of rotatable bonds is 8. The molecule has 4 aromatic rings. The van der Waals surface area contributed by atoms with Crippen LogP contribution in [-0.2, 0) is 13.2 Å². The van der Waals surface area contributed by atoms with Gasteiger partial charge in [-0.25, -0.2) is 0 Å². The molecule has 6 nitrogen and oxygen atoms in total. The Labute approximate surface area is 226 Å². The van der Waals surface area contributed by atoms with Gasteiger partial charge in [0.15, 0.2) is 0 Å². The topological polar surface area (TPSA) is 68.5 Å². The van der Waals surface area contributed by atoms with E-state index in [1.54, 1.807) is 18.2 Å². The predicted molar refractivity (Wildman–Crippen MR) is 144 cm³/mol. The predicted octanol–water partition coefficient (Wildman–Crippen LogP) is 7.60. The van der Waals surface area contributed by atoms with Crippen LogP contribution in [0.15, 0.2) is 77.3 Å². The number of amides is 1. The Morgan fingerprint density at radius 1 is 0.973 bits per heavy atom. The Kier molecular flexibility index (Phi) is 8.07. The Morgan fingerprint density at radius 2 is 1.76 bits per heavy atom. The largest absolute Gasteiger partial charge is 0.489 e. The monoisotopic (exact) mass is 535 g/mol. The molecule has 37 heavy (non-hydrogen) atoms. The first-order chi connectivity index (χ1) is 18.1. The van der Waals surface area contributed by atoms with Crippen molar-refractivity contribution in [3.63, 3.8) is 0 Å². The molecule has 0 aliphatic heterocycles. The van der Waals surface area contributed by atoms with Gasteiger partial charge in [-0.2, -0.15) is 4.98 Å². The van der Waals surface area contributed by atoms with Crippen molar-refractivity contribution in [2.75, 3.05) is 0 Å². The molecule has 1 fully saturated rings. The maximum Gasteiger partial charge on any atom is 0.254 e. The van der Waals surface area contributed by atoms with E-state index in [9.17, 15) is 4.79 Å². The number of aromatic nitrogens is 2. The van der Waals surface area contributed by atoms with Crippen molar-refractivity contribution in [2.45, 2.75) is 51.3 Å². The van der Waals surface area contributed by atoms with Gasteiger partial charge in [0.25, 0.3) is 5.91 Å². The van der Waals surface area contributed by atoms with E-state index in [0.29, 0.717) is 39.7 Å². The average molecular weight is 536 g/mol. The molecule has 1 aliphatic carbocycles. The summed E-state index contributed by atoms with van der Waals surface area (Å²) in [5.74, 6) is 1.39. The Morgan fingerprint density at radius 3 is 2.54 bits per heavy atom. The Bertz CT molecular complexity index is 1350. The molecule has 8 heteroatoms. The first-order valence-electron chi connectivity index (χ1n) is 12.4. The molecule has 1 heterocycles. The molecular weight excluding hydrogens is 509 g/mol. The van der Waals surface area contributed by atoms with Crippen LogP contribution in [-0.4, -0.2) is 27.0 Å². The normalized spacial score (nSPS) is 13.9. The van der Waals surface area contributed by atoms with Gasteiger partial charge in [0.05, 0.1) is 0 Å². The second-order valence-electron chi connectivity index (χ2n) is 9.15. The van der Waals surface area contributed by atoms with Crippen LogP contribution in [0.5, 0.6) is 5.75 Å².